The summed E-state index contributed by atoms with van der Waals surface area (Å²) in [5.41, 5.74) is 5.83. The van der Waals surface area contributed by atoms with E-state index in [4.69, 9.17) is 14.7 Å². The number of unbranched alkanes of at least 4 members (excludes halogenated alkanes) is 14. The van der Waals surface area contributed by atoms with Crippen LogP contribution < -0.4 is 9.47 Å². The number of phenols is 1. The number of hydrogen-bond donors (Lipinski definition) is 1. The van der Waals surface area contributed by atoms with Crippen LogP contribution in [0.1, 0.15) is 126 Å². The lowest BCUT2D eigenvalue weighted by Gasteiger charge is -2.08. The Morgan fingerprint density at radius 2 is 1.10 bits per heavy atom. The number of ether oxygens (including phenoxy) is 2. The van der Waals surface area contributed by atoms with Crippen LogP contribution >= 0.6 is 0 Å². The largest absolute Gasteiger partial charge is 0.507 e. The number of rotatable bonds is 25. The molecule has 5 heteroatoms. The van der Waals surface area contributed by atoms with Gasteiger partial charge in [0.25, 0.3) is 0 Å². The molecule has 0 saturated carbocycles. The zero-order chi connectivity index (χ0) is 35.8. The first-order chi connectivity index (χ1) is 25.1. The Balaban J connectivity index is 0.988. The topological polar surface area (TPSA) is 74.8 Å². The molecule has 0 bridgehead atoms. The molecular weight excluding hydrogens is 629 g/mol. The summed E-state index contributed by atoms with van der Waals surface area (Å²) in [6, 6.07) is 31.9. The Bertz CT molecular complexity index is 1590. The van der Waals surface area contributed by atoms with Crippen LogP contribution in [0, 0.1) is 11.3 Å². The molecule has 4 aromatic rings. The molecule has 5 nitrogen and oxygen atoms in total. The molecular formula is C46H58N2O3. The molecule has 0 unspecified atom stereocenters. The van der Waals surface area contributed by atoms with Crippen LogP contribution in [0.4, 0.5) is 5.69 Å². The number of nitriles is 1. The number of phenolic OH excluding ortho intramolecular Hbond substituents is 1. The highest BCUT2D eigenvalue weighted by atomic mass is 16.5. The standard InChI is InChI=1S/C46H58N2O3/c1-2-3-4-5-6-9-12-15-18-38-21-28-43(29-22-38)48-37-42-27-32-45(35-46(42)49)51-34-17-14-11-8-7-10-13-16-33-50-44-30-25-41(26-31-44)40-23-19-39(36-47)20-24-40/h19-32,35,37,49H,2-18,33-34H2,1H3. The summed E-state index contributed by atoms with van der Waals surface area (Å²) < 4.78 is 11.8. The average molecular weight is 687 g/mol. The molecule has 0 radical (unpaired) electrons. The normalized spacial score (nSPS) is 11.1. The van der Waals surface area contributed by atoms with Gasteiger partial charge < -0.3 is 14.6 Å². The maximum Gasteiger partial charge on any atom is 0.128 e. The Morgan fingerprint density at radius 3 is 1.67 bits per heavy atom. The van der Waals surface area contributed by atoms with Crippen LogP contribution in [-0.4, -0.2) is 24.5 Å². The second-order valence-corrected chi connectivity index (χ2v) is 13.6. The molecule has 0 aliphatic heterocycles. The molecule has 0 atom stereocenters. The molecule has 4 aromatic carbocycles. The van der Waals surface area contributed by atoms with E-state index < -0.39 is 0 Å². The summed E-state index contributed by atoms with van der Waals surface area (Å²) in [4.78, 5) is 4.57. The van der Waals surface area contributed by atoms with Gasteiger partial charge in [-0.25, -0.2) is 0 Å². The van der Waals surface area contributed by atoms with Gasteiger partial charge in [0.2, 0.25) is 0 Å². The maximum absolute atomic E-state index is 10.5. The third-order valence-electron chi connectivity index (χ3n) is 9.39. The van der Waals surface area contributed by atoms with Crippen molar-refractivity contribution in [3.05, 3.63) is 108 Å². The number of benzene rings is 4. The Morgan fingerprint density at radius 1 is 0.588 bits per heavy atom. The van der Waals surface area contributed by atoms with E-state index in [9.17, 15) is 5.11 Å². The molecule has 0 saturated heterocycles. The monoisotopic (exact) mass is 686 g/mol. The van der Waals surface area contributed by atoms with Crippen molar-refractivity contribution < 1.29 is 14.6 Å². The van der Waals surface area contributed by atoms with Crippen molar-refractivity contribution in [2.75, 3.05) is 13.2 Å². The van der Waals surface area contributed by atoms with Gasteiger partial charge in [-0.05, 0) is 90.9 Å². The summed E-state index contributed by atoms with van der Waals surface area (Å²) in [6.45, 7) is 3.66. The van der Waals surface area contributed by atoms with Gasteiger partial charge in [0.1, 0.15) is 17.2 Å². The quantitative estimate of drug-likeness (QED) is 0.0556. The van der Waals surface area contributed by atoms with E-state index in [2.05, 4.69) is 54.4 Å². The second kappa shape index (κ2) is 23.8. The molecule has 4 rings (SSSR count). The van der Waals surface area contributed by atoms with E-state index in [0.29, 0.717) is 23.5 Å². The second-order valence-electron chi connectivity index (χ2n) is 13.6. The molecule has 0 aromatic heterocycles. The zero-order valence-corrected chi connectivity index (χ0v) is 30.8. The number of aliphatic imine (C=N–C) groups is 1. The van der Waals surface area contributed by atoms with E-state index >= 15 is 0 Å². The minimum absolute atomic E-state index is 0.186. The lowest BCUT2D eigenvalue weighted by Crippen LogP contribution is -1.98. The predicted molar refractivity (Wildman–Crippen MR) is 213 cm³/mol. The highest BCUT2D eigenvalue weighted by Crippen LogP contribution is 2.25. The van der Waals surface area contributed by atoms with E-state index in [1.54, 1.807) is 12.3 Å². The third-order valence-corrected chi connectivity index (χ3v) is 9.39. The van der Waals surface area contributed by atoms with Crippen LogP contribution in [0.15, 0.2) is 96.0 Å². The Labute approximate surface area is 307 Å². The number of aryl methyl sites for hydroxylation is 1. The summed E-state index contributed by atoms with van der Waals surface area (Å²) in [6.07, 6.45) is 22.9. The van der Waals surface area contributed by atoms with Crippen molar-refractivity contribution >= 4 is 11.9 Å². The van der Waals surface area contributed by atoms with Gasteiger partial charge in [0.05, 0.1) is 30.5 Å². The number of aromatic hydroxyl groups is 1. The first kappa shape index (κ1) is 39.2. The smallest absolute Gasteiger partial charge is 0.128 e. The number of nitrogens with zero attached hydrogens (tertiary/aromatic N) is 2. The SMILES string of the molecule is CCCCCCCCCCc1ccc(N=Cc2ccc(OCCCCCCCCCCOc3ccc(-c4ccc(C#N)cc4)cc3)cc2O)cc1. The lowest BCUT2D eigenvalue weighted by molar-refractivity contribution is 0.300. The van der Waals surface area contributed by atoms with Crippen molar-refractivity contribution in [2.24, 2.45) is 4.99 Å². The predicted octanol–water partition coefficient (Wildman–Crippen LogP) is 12.9. The van der Waals surface area contributed by atoms with Gasteiger partial charge in [-0.3, -0.25) is 4.99 Å². The third kappa shape index (κ3) is 15.5. The van der Waals surface area contributed by atoms with Gasteiger partial charge >= 0.3 is 0 Å². The molecule has 0 spiro atoms. The minimum Gasteiger partial charge on any atom is -0.507 e. The zero-order valence-electron chi connectivity index (χ0n) is 30.8. The van der Waals surface area contributed by atoms with Crippen LogP contribution in [0.25, 0.3) is 11.1 Å². The van der Waals surface area contributed by atoms with Crippen molar-refractivity contribution in [3.8, 4) is 34.4 Å². The van der Waals surface area contributed by atoms with E-state index in [0.717, 1.165) is 54.9 Å². The van der Waals surface area contributed by atoms with Crippen LogP contribution in [0.2, 0.25) is 0 Å². The molecule has 51 heavy (non-hydrogen) atoms. The van der Waals surface area contributed by atoms with Crippen LogP contribution in [0.3, 0.4) is 0 Å². The van der Waals surface area contributed by atoms with Crippen molar-refractivity contribution in [3.63, 3.8) is 0 Å². The first-order valence-electron chi connectivity index (χ1n) is 19.5. The van der Waals surface area contributed by atoms with Crippen molar-refractivity contribution in [1.29, 1.82) is 5.26 Å². The Kier molecular flexibility index (Phi) is 18.3. The fourth-order valence-electron chi connectivity index (χ4n) is 6.20. The molecule has 0 heterocycles. The molecule has 0 amide bonds. The van der Waals surface area contributed by atoms with Gasteiger partial charge in [0.15, 0.2) is 0 Å². The molecule has 270 valence electrons. The van der Waals surface area contributed by atoms with Crippen LogP contribution in [0.5, 0.6) is 17.2 Å². The summed E-state index contributed by atoms with van der Waals surface area (Å²) in [7, 11) is 0. The highest BCUT2D eigenvalue weighted by Gasteiger charge is 2.04. The molecule has 0 aliphatic carbocycles. The summed E-state index contributed by atoms with van der Waals surface area (Å²) in [5.74, 6) is 1.78. The van der Waals surface area contributed by atoms with E-state index in [1.807, 2.05) is 48.5 Å². The summed E-state index contributed by atoms with van der Waals surface area (Å²) in [5, 5.41) is 19.5. The van der Waals surface area contributed by atoms with Crippen molar-refractivity contribution in [1.82, 2.24) is 0 Å². The molecule has 0 aliphatic rings. The minimum atomic E-state index is 0.186. The average Bonchev–Trinajstić information content (AvgIpc) is 3.16. The fraction of sp³-hybridized carbons (Fsp3) is 0.435. The van der Waals surface area contributed by atoms with Gasteiger partial charge in [0, 0.05) is 17.8 Å². The van der Waals surface area contributed by atoms with Gasteiger partial charge in [-0.15, -0.1) is 0 Å². The van der Waals surface area contributed by atoms with E-state index in [1.165, 1.54) is 89.0 Å². The van der Waals surface area contributed by atoms with Gasteiger partial charge in [-0.2, -0.15) is 5.26 Å². The van der Waals surface area contributed by atoms with E-state index in [-0.39, 0.29) is 5.75 Å². The maximum atomic E-state index is 10.5. The van der Waals surface area contributed by atoms with Crippen molar-refractivity contribution in [2.45, 2.75) is 116 Å². The first-order valence-corrected chi connectivity index (χ1v) is 19.5. The lowest BCUT2D eigenvalue weighted by atomic mass is 10.0. The number of hydrogen-bond acceptors (Lipinski definition) is 5. The fourth-order valence-corrected chi connectivity index (χ4v) is 6.20. The van der Waals surface area contributed by atoms with Gasteiger partial charge in [-0.1, -0.05) is 127 Å². The highest BCUT2D eigenvalue weighted by molar-refractivity contribution is 5.85. The molecule has 0 fully saturated rings. The Hall–Kier alpha value is -4.56. The summed E-state index contributed by atoms with van der Waals surface area (Å²) >= 11 is 0. The van der Waals surface area contributed by atoms with Crippen LogP contribution in [-0.2, 0) is 6.42 Å². The molecule has 1 N–H and O–H groups in total.